The summed E-state index contributed by atoms with van der Waals surface area (Å²) in [6.07, 6.45) is -3.29. The van der Waals surface area contributed by atoms with Crippen LogP contribution in [0.15, 0.2) is 12.1 Å². The maximum atomic E-state index is 17.2. The Morgan fingerprint density at radius 3 is 2.73 bits per heavy atom. The summed E-state index contributed by atoms with van der Waals surface area (Å²) >= 11 is 7.78. The number of thiophene rings is 1. The average molecular weight is 723 g/mol. The number of rotatable bonds is 7. The van der Waals surface area contributed by atoms with Crippen molar-refractivity contribution in [3.8, 4) is 29.0 Å². The van der Waals surface area contributed by atoms with Gasteiger partial charge in [-0.05, 0) is 51.8 Å². The topological polar surface area (TPSA) is 121 Å². The maximum absolute atomic E-state index is 17.2. The van der Waals surface area contributed by atoms with Gasteiger partial charge >= 0.3 is 6.01 Å². The molecule has 5 heterocycles. The van der Waals surface area contributed by atoms with Gasteiger partial charge in [0.2, 0.25) is 0 Å². The van der Waals surface area contributed by atoms with Crippen molar-refractivity contribution in [3.05, 3.63) is 34.4 Å². The summed E-state index contributed by atoms with van der Waals surface area (Å²) in [5, 5.41) is 20.8. The summed E-state index contributed by atoms with van der Waals surface area (Å²) in [6, 6.07) is 2.79. The first-order valence-corrected chi connectivity index (χ1v) is 16.9. The van der Waals surface area contributed by atoms with Crippen molar-refractivity contribution < 1.29 is 36.5 Å². The zero-order valence-electron chi connectivity index (χ0n) is 26.7. The fraction of sp³-hybridized carbons (Fsp3) is 0.485. The number of nitrogens with zero attached hydrogens (tertiary/aromatic N) is 5. The first kappa shape index (κ1) is 33.8. The third-order valence-electron chi connectivity index (χ3n) is 9.79. The number of aromatic nitrogens is 2. The summed E-state index contributed by atoms with van der Waals surface area (Å²) in [4.78, 5) is 12.1. The van der Waals surface area contributed by atoms with Crippen LogP contribution in [0.1, 0.15) is 45.6 Å². The second-order valence-electron chi connectivity index (χ2n) is 13.5. The quantitative estimate of drug-likeness (QED) is 0.198. The van der Waals surface area contributed by atoms with Crippen LogP contribution >= 0.6 is 22.9 Å². The van der Waals surface area contributed by atoms with Gasteiger partial charge in [-0.3, -0.25) is 4.90 Å². The van der Waals surface area contributed by atoms with Gasteiger partial charge in [-0.25, -0.2) is 22.0 Å². The molecule has 260 valence electrons. The predicted octanol–water partition coefficient (Wildman–Crippen LogP) is 6.84. The fourth-order valence-electron chi connectivity index (χ4n) is 7.95. The molecule has 2 fully saturated rings. The van der Waals surface area contributed by atoms with Gasteiger partial charge in [-0.15, -0.1) is 11.3 Å². The zero-order valence-corrected chi connectivity index (χ0v) is 28.2. The van der Waals surface area contributed by atoms with Crippen molar-refractivity contribution >= 4 is 54.7 Å². The lowest BCUT2D eigenvalue weighted by Gasteiger charge is -2.41. The lowest BCUT2D eigenvalue weighted by Crippen LogP contribution is -2.57. The Balaban J connectivity index is 1.51. The van der Waals surface area contributed by atoms with Crippen LogP contribution in [0.3, 0.4) is 0 Å². The number of benzene rings is 2. The molecule has 0 amide bonds. The van der Waals surface area contributed by atoms with E-state index in [2.05, 4.69) is 9.97 Å². The summed E-state index contributed by atoms with van der Waals surface area (Å²) < 4.78 is 87.7. The summed E-state index contributed by atoms with van der Waals surface area (Å²) in [5.74, 6) is -2.10. The van der Waals surface area contributed by atoms with Gasteiger partial charge in [0.05, 0.1) is 44.4 Å². The van der Waals surface area contributed by atoms with E-state index < -0.39 is 59.6 Å². The lowest BCUT2D eigenvalue weighted by atomic mass is 9.92. The minimum Gasteiger partial charge on any atom is -0.486 e. The van der Waals surface area contributed by atoms with Gasteiger partial charge < -0.3 is 25.2 Å². The molecule has 0 radical (unpaired) electrons. The molecule has 4 atom stereocenters. The van der Waals surface area contributed by atoms with Crippen LogP contribution in [-0.4, -0.2) is 82.1 Å². The van der Waals surface area contributed by atoms with Crippen molar-refractivity contribution in [3.63, 3.8) is 0 Å². The van der Waals surface area contributed by atoms with Gasteiger partial charge in [0.15, 0.2) is 11.6 Å². The molecular formula is C33H32ClF5N6O3S. The number of fused-ring (bicyclic) bond motifs is 2. The maximum Gasteiger partial charge on any atom is 0.319 e. The summed E-state index contributed by atoms with van der Waals surface area (Å²) in [7, 11) is 0. The minimum atomic E-state index is -2.92. The highest BCUT2D eigenvalue weighted by molar-refractivity contribution is 7.23. The monoisotopic (exact) mass is 722 g/mol. The molecule has 3 aliphatic rings. The number of nitrogen functional groups attached to an aromatic ring is 1. The zero-order chi connectivity index (χ0) is 35.2. The van der Waals surface area contributed by atoms with Crippen molar-refractivity contribution in [1.82, 2.24) is 14.9 Å². The van der Waals surface area contributed by atoms with Crippen LogP contribution in [0.4, 0.5) is 32.8 Å². The lowest BCUT2D eigenvalue weighted by molar-refractivity contribution is 0.00300. The van der Waals surface area contributed by atoms with Crippen molar-refractivity contribution in [1.29, 1.82) is 5.26 Å². The first-order chi connectivity index (χ1) is 23.1. The molecule has 3 N–H and O–H groups in total. The third-order valence-corrected chi connectivity index (χ3v) is 11.2. The van der Waals surface area contributed by atoms with Crippen LogP contribution in [0.5, 0.6) is 11.8 Å². The van der Waals surface area contributed by atoms with E-state index in [1.165, 1.54) is 19.9 Å². The molecule has 9 nitrogen and oxygen atoms in total. The number of halogens is 6. The molecule has 0 bridgehead atoms. The van der Waals surface area contributed by atoms with Gasteiger partial charge in [-0.2, -0.15) is 15.2 Å². The Labute approximate surface area is 287 Å². The molecular weight excluding hydrogens is 691 g/mol. The van der Waals surface area contributed by atoms with Crippen LogP contribution < -0.4 is 20.1 Å². The number of nitriles is 1. The van der Waals surface area contributed by atoms with E-state index in [0.717, 1.165) is 28.7 Å². The van der Waals surface area contributed by atoms with Crippen LogP contribution in [0.25, 0.3) is 32.1 Å². The molecule has 4 aromatic rings. The highest BCUT2D eigenvalue weighted by Gasteiger charge is 2.50. The number of nitrogens with two attached hydrogens (primary N) is 1. The largest absolute Gasteiger partial charge is 0.486 e. The van der Waals surface area contributed by atoms with Crippen molar-refractivity contribution in [2.24, 2.45) is 0 Å². The summed E-state index contributed by atoms with van der Waals surface area (Å²) in [6.45, 7) is 4.38. The van der Waals surface area contributed by atoms with Crippen molar-refractivity contribution in [2.45, 2.75) is 75.9 Å². The Bertz CT molecular complexity index is 2040. The molecule has 2 saturated heterocycles. The number of anilines is 2. The molecule has 2 unspecified atom stereocenters. The van der Waals surface area contributed by atoms with Crippen LogP contribution in [0.2, 0.25) is 5.02 Å². The molecule has 16 heteroatoms. The SMILES string of the molecule is CC1Oc2c(Cl)c(-c3ccc(F)c4sc(N)c(C#N)c34)c(F)c3nc(OC[C@@]45CCCN4C[C@H](F)C5)nc(c23)N(CC(F)F)C1C(C)(C)O. The molecule has 49 heavy (non-hydrogen) atoms. The molecule has 0 spiro atoms. The molecule has 2 aromatic heterocycles. The minimum absolute atomic E-state index is 0.00275. The molecule has 0 saturated carbocycles. The number of ether oxygens (including phenoxy) is 2. The second kappa shape index (κ2) is 12.0. The fourth-order valence-corrected chi connectivity index (χ4v) is 9.22. The van der Waals surface area contributed by atoms with E-state index in [0.29, 0.717) is 13.0 Å². The number of alkyl halides is 3. The Morgan fingerprint density at radius 1 is 1.29 bits per heavy atom. The Kier molecular flexibility index (Phi) is 8.25. The van der Waals surface area contributed by atoms with Crippen LogP contribution in [0, 0.1) is 23.0 Å². The number of aliphatic hydroxyl groups is 1. The Hall–Kier alpha value is -3.71. The normalized spacial score (nSPS) is 24.0. The highest BCUT2D eigenvalue weighted by atomic mass is 35.5. The van der Waals surface area contributed by atoms with E-state index >= 15 is 8.78 Å². The van der Waals surface area contributed by atoms with E-state index in [1.807, 2.05) is 11.0 Å². The van der Waals surface area contributed by atoms with Crippen LogP contribution in [-0.2, 0) is 0 Å². The first-order valence-electron chi connectivity index (χ1n) is 15.7. The molecule has 0 aliphatic carbocycles. The smallest absolute Gasteiger partial charge is 0.319 e. The molecule has 2 aromatic carbocycles. The standard InChI is InChI=1S/C33H32ClF5N6O3S/c1-14-28(32(2,3)46)45(12-19(37)38)30-22-25(42-31(43-30)47-13-33-7-4-8-44(33)11-15(35)9-33)24(39)21(23(34)26(22)48-14)16-5-6-18(36)27-20(16)17(10-40)29(41)49-27/h5-6,14-15,19,28,46H,4,7-9,11-13,41H2,1-3H3/t14?,15-,28?,33+/m1/s1. The third kappa shape index (κ3) is 5.38. The second-order valence-corrected chi connectivity index (χ2v) is 14.9. The van der Waals surface area contributed by atoms with E-state index in [1.54, 1.807) is 6.92 Å². The highest BCUT2D eigenvalue weighted by Crippen LogP contribution is 2.52. The Morgan fingerprint density at radius 2 is 2.04 bits per heavy atom. The van der Waals surface area contributed by atoms with E-state index in [9.17, 15) is 23.5 Å². The van der Waals surface area contributed by atoms with E-state index in [-0.39, 0.29) is 79.3 Å². The molecule has 7 rings (SSSR count). The summed E-state index contributed by atoms with van der Waals surface area (Å²) in [5.41, 5.74) is 2.99. The van der Waals surface area contributed by atoms with E-state index in [4.69, 9.17) is 26.8 Å². The number of hydrogen-bond acceptors (Lipinski definition) is 10. The predicted molar refractivity (Wildman–Crippen MR) is 176 cm³/mol. The molecule has 3 aliphatic heterocycles. The van der Waals surface area contributed by atoms with Crippen molar-refractivity contribution in [2.75, 3.05) is 36.9 Å². The van der Waals surface area contributed by atoms with Gasteiger partial charge in [0.1, 0.15) is 47.1 Å². The van der Waals surface area contributed by atoms with Gasteiger partial charge in [0.25, 0.3) is 6.43 Å². The number of hydrogen-bond donors (Lipinski definition) is 2. The average Bonchev–Trinajstić information content (AvgIpc) is 3.64. The van der Waals surface area contributed by atoms with Gasteiger partial charge in [0, 0.05) is 23.9 Å². The van der Waals surface area contributed by atoms with Gasteiger partial charge in [-0.1, -0.05) is 17.7 Å².